The van der Waals surface area contributed by atoms with E-state index in [0.29, 0.717) is 6.04 Å². The van der Waals surface area contributed by atoms with E-state index < -0.39 is 0 Å². The highest BCUT2D eigenvalue weighted by Crippen LogP contribution is 2.14. The summed E-state index contributed by atoms with van der Waals surface area (Å²) in [6, 6.07) is 13.5. The highest BCUT2D eigenvalue weighted by atomic mass is 15.1. The van der Waals surface area contributed by atoms with Crippen molar-refractivity contribution in [2.75, 3.05) is 13.1 Å². The second-order valence-corrected chi connectivity index (χ2v) is 5.29. The molecule has 0 saturated carbocycles. The highest BCUT2D eigenvalue weighted by molar-refractivity contribution is 5.14. The average molecular weight is 257 g/mol. The lowest BCUT2D eigenvalue weighted by Gasteiger charge is -2.33. The maximum atomic E-state index is 8.98. The Kier molecular flexibility index (Phi) is 5.38. The van der Waals surface area contributed by atoms with Gasteiger partial charge in [-0.2, -0.15) is 5.26 Å². The van der Waals surface area contributed by atoms with Gasteiger partial charge in [-0.1, -0.05) is 37.3 Å². The largest absolute Gasteiger partial charge is 0.299 e. The summed E-state index contributed by atoms with van der Waals surface area (Å²) < 4.78 is 0. The second kappa shape index (κ2) is 7.28. The molecule has 102 valence electrons. The Morgan fingerprint density at radius 2 is 2.00 bits per heavy atom. The molecule has 1 aliphatic rings. The fraction of sp³-hybridized carbons (Fsp3) is 0.562. The van der Waals surface area contributed by atoms with E-state index in [4.69, 9.17) is 5.26 Å². The number of benzene rings is 1. The molecule has 1 aromatic rings. The summed E-state index contributed by atoms with van der Waals surface area (Å²) in [4.78, 5) is 2.50. The summed E-state index contributed by atoms with van der Waals surface area (Å²) in [6.07, 6.45) is 3.18. The summed E-state index contributed by atoms with van der Waals surface area (Å²) >= 11 is 0. The van der Waals surface area contributed by atoms with Crippen molar-refractivity contribution < 1.29 is 0 Å². The van der Waals surface area contributed by atoms with Crippen LogP contribution in [0, 0.1) is 11.3 Å². The van der Waals surface area contributed by atoms with Gasteiger partial charge in [0.05, 0.1) is 12.1 Å². The number of nitriles is 1. The number of hydrogen-bond acceptors (Lipinski definition) is 3. The van der Waals surface area contributed by atoms with Crippen molar-refractivity contribution in [2.45, 2.75) is 44.8 Å². The minimum absolute atomic E-state index is 0.0191. The van der Waals surface area contributed by atoms with Crippen LogP contribution >= 0.6 is 0 Å². The molecule has 1 saturated heterocycles. The molecule has 2 rings (SSSR count). The molecule has 19 heavy (non-hydrogen) atoms. The summed E-state index contributed by atoms with van der Waals surface area (Å²) in [5, 5.41) is 12.4. The average Bonchev–Trinajstić information content (AvgIpc) is 2.47. The van der Waals surface area contributed by atoms with Crippen molar-refractivity contribution in [1.29, 1.82) is 5.26 Å². The van der Waals surface area contributed by atoms with Gasteiger partial charge in [0.25, 0.3) is 0 Å². The van der Waals surface area contributed by atoms with E-state index in [1.165, 1.54) is 5.56 Å². The number of nitrogens with zero attached hydrogens (tertiary/aromatic N) is 2. The Morgan fingerprint density at radius 3 is 2.58 bits per heavy atom. The fourth-order valence-corrected chi connectivity index (χ4v) is 2.63. The molecule has 0 unspecified atom stereocenters. The Balaban J connectivity index is 1.75. The minimum Gasteiger partial charge on any atom is -0.299 e. The quantitative estimate of drug-likeness (QED) is 0.881. The van der Waals surface area contributed by atoms with Gasteiger partial charge in [0.2, 0.25) is 0 Å². The Labute approximate surface area is 116 Å². The Hall–Kier alpha value is -1.37. The van der Waals surface area contributed by atoms with E-state index in [9.17, 15) is 0 Å². The maximum Gasteiger partial charge on any atom is 0.0952 e. The molecule has 1 aromatic carbocycles. The van der Waals surface area contributed by atoms with Crippen LogP contribution in [-0.4, -0.2) is 30.1 Å². The minimum atomic E-state index is 0.0191. The summed E-state index contributed by atoms with van der Waals surface area (Å²) in [5.74, 6) is 0. The highest BCUT2D eigenvalue weighted by Gasteiger charge is 2.20. The van der Waals surface area contributed by atoms with Gasteiger partial charge in [0, 0.05) is 12.6 Å². The van der Waals surface area contributed by atoms with Crippen molar-refractivity contribution >= 4 is 0 Å². The van der Waals surface area contributed by atoms with Crippen molar-refractivity contribution in [3.05, 3.63) is 35.9 Å². The van der Waals surface area contributed by atoms with Gasteiger partial charge < -0.3 is 0 Å². The second-order valence-electron chi connectivity index (χ2n) is 5.29. The molecule has 1 heterocycles. The predicted molar refractivity (Wildman–Crippen MR) is 77.6 cm³/mol. The molecule has 0 spiro atoms. The van der Waals surface area contributed by atoms with E-state index in [1.807, 2.05) is 0 Å². The van der Waals surface area contributed by atoms with Crippen LogP contribution in [0.25, 0.3) is 0 Å². The predicted octanol–water partition coefficient (Wildman–Crippen LogP) is 2.54. The summed E-state index contributed by atoms with van der Waals surface area (Å²) in [7, 11) is 0. The summed E-state index contributed by atoms with van der Waals surface area (Å²) in [6.45, 7) is 5.34. The zero-order valence-corrected chi connectivity index (χ0v) is 11.7. The zero-order valence-electron chi connectivity index (χ0n) is 11.7. The molecular formula is C16H23N3. The third kappa shape index (κ3) is 4.34. The van der Waals surface area contributed by atoms with Crippen molar-refractivity contribution in [1.82, 2.24) is 10.2 Å². The molecule has 0 aromatic heterocycles. The molecule has 0 radical (unpaired) electrons. The molecule has 3 heteroatoms. The van der Waals surface area contributed by atoms with Gasteiger partial charge >= 0.3 is 0 Å². The molecule has 1 fully saturated rings. The number of nitrogens with one attached hydrogen (secondary N) is 1. The van der Waals surface area contributed by atoms with Crippen molar-refractivity contribution in [3.63, 3.8) is 0 Å². The molecule has 0 amide bonds. The van der Waals surface area contributed by atoms with Gasteiger partial charge in [-0.15, -0.1) is 0 Å². The molecule has 1 N–H and O–H groups in total. The molecule has 1 atom stereocenters. The standard InChI is InChI=1S/C16H23N3/c1-2-15(12-17)18-16-8-10-19(11-9-16)13-14-6-4-3-5-7-14/h3-7,15-16,18H,2,8-11,13H2,1H3/t15-/m1/s1. The number of likely N-dealkylation sites (tertiary alicyclic amines) is 1. The van der Waals surface area contributed by atoms with Crippen LogP contribution in [0.2, 0.25) is 0 Å². The normalized spacial score (nSPS) is 18.9. The SMILES string of the molecule is CC[C@H](C#N)NC1CCN(Cc2ccccc2)CC1. The monoisotopic (exact) mass is 257 g/mol. The smallest absolute Gasteiger partial charge is 0.0952 e. The van der Waals surface area contributed by atoms with Crippen LogP contribution in [0.15, 0.2) is 30.3 Å². The van der Waals surface area contributed by atoms with Crippen molar-refractivity contribution in [3.8, 4) is 6.07 Å². The third-order valence-corrected chi connectivity index (χ3v) is 3.84. The van der Waals surface area contributed by atoms with Gasteiger partial charge in [0.15, 0.2) is 0 Å². The van der Waals surface area contributed by atoms with Crippen LogP contribution in [-0.2, 0) is 6.54 Å². The molecule has 0 aliphatic carbocycles. The number of rotatable bonds is 5. The zero-order chi connectivity index (χ0) is 13.5. The molecular weight excluding hydrogens is 234 g/mol. The van der Waals surface area contributed by atoms with E-state index in [2.05, 4.69) is 53.5 Å². The lowest BCUT2D eigenvalue weighted by atomic mass is 10.0. The maximum absolute atomic E-state index is 8.98. The van der Waals surface area contributed by atoms with Gasteiger partial charge in [-0.25, -0.2) is 0 Å². The third-order valence-electron chi connectivity index (χ3n) is 3.84. The fourth-order valence-electron chi connectivity index (χ4n) is 2.63. The molecule has 0 bridgehead atoms. The number of hydrogen-bond donors (Lipinski definition) is 1. The Bertz CT molecular complexity index is 402. The van der Waals surface area contributed by atoms with Crippen LogP contribution in [0.1, 0.15) is 31.7 Å². The first-order chi connectivity index (χ1) is 9.31. The molecule has 1 aliphatic heterocycles. The summed E-state index contributed by atoms with van der Waals surface area (Å²) in [5.41, 5.74) is 1.39. The molecule has 3 nitrogen and oxygen atoms in total. The Morgan fingerprint density at radius 1 is 1.32 bits per heavy atom. The van der Waals surface area contributed by atoms with Crippen LogP contribution in [0.3, 0.4) is 0 Å². The van der Waals surface area contributed by atoms with Crippen molar-refractivity contribution in [2.24, 2.45) is 0 Å². The van der Waals surface area contributed by atoms with Gasteiger partial charge in [0.1, 0.15) is 0 Å². The lowest BCUT2D eigenvalue weighted by Crippen LogP contribution is -2.45. The van der Waals surface area contributed by atoms with Crippen LogP contribution in [0.4, 0.5) is 0 Å². The first-order valence-electron chi connectivity index (χ1n) is 7.23. The number of piperidine rings is 1. The van der Waals surface area contributed by atoms with Gasteiger partial charge in [-0.3, -0.25) is 10.2 Å². The lowest BCUT2D eigenvalue weighted by molar-refractivity contribution is 0.187. The van der Waals surface area contributed by atoms with Gasteiger partial charge in [-0.05, 0) is 37.9 Å². The first kappa shape index (κ1) is 14.0. The van der Waals surface area contributed by atoms with Crippen LogP contribution in [0.5, 0.6) is 0 Å². The van der Waals surface area contributed by atoms with Crippen LogP contribution < -0.4 is 5.32 Å². The van der Waals surface area contributed by atoms with E-state index >= 15 is 0 Å². The van der Waals surface area contributed by atoms with E-state index in [1.54, 1.807) is 0 Å². The van der Waals surface area contributed by atoms with E-state index in [0.717, 1.165) is 38.9 Å². The topological polar surface area (TPSA) is 39.1 Å². The van der Waals surface area contributed by atoms with E-state index in [-0.39, 0.29) is 6.04 Å². The first-order valence-corrected chi connectivity index (χ1v) is 7.23.